The van der Waals surface area contributed by atoms with Crippen LogP contribution >= 0.6 is 0 Å². The molecule has 0 spiro atoms. The highest BCUT2D eigenvalue weighted by molar-refractivity contribution is 6.00. The Balaban J connectivity index is 1.50. The molecule has 7 nitrogen and oxygen atoms in total. The molecule has 4 aromatic rings. The van der Waals surface area contributed by atoms with Crippen LogP contribution in [0.25, 0.3) is 10.8 Å². The SMILES string of the molecule is Cc1noc(C)c1COc1cc2ccccc2cc1C(=O)OCC(=O)Nc1ccc(F)c(F)c1. The lowest BCUT2D eigenvalue weighted by Gasteiger charge is -2.13. The van der Waals surface area contributed by atoms with Gasteiger partial charge in [-0.05, 0) is 48.9 Å². The van der Waals surface area contributed by atoms with E-state index >= 15 is 0 Å². The van der Waals surface area contributed by atoms with E-state index in [2.05, 4.69) is 10.5 Å². The topological polar surface area (TPSA) is 90.7 Å². The highest BCUT2D eigenvalue weighted by Crippen LogP contribution is 2.28. The fourth-order valence-corrected chi connectivity index (χ4v) is 3.34. The molecule has 174 valence electrons. The minimum absolute atomic E-state index is 0.0362. The molecule has 1 aromatic heterocycles. The van der Waals surface area contributed by atoms with Crippen molar-refractivity contribution < 1.29 is 32.4 Å². The van der Waals surface area contributed by atoms with Crippen LogP contribution in [0.15, 0.2) is 59.1 Å². The number of esters is 1. The van der Waals surface area contributed by atoms with Crippen LogP contribution in [-0.2, 0) is 16.1 Å². The van der Waals surface area contributed by atoms with Crippen molar-refractivity contribution in [3.05, 3.63) is 88.8 Å². The van der Waals surface area contributed by atoms with E-state index < -0.39 is 30.1 Å². The number of benzene rings is 3. The number of aromatic nitrogens is 1. The first-order chi connectivity index (χ1) is 16.3. The van der Waals surface area contributed by atoms with Crippen molar-refractivity contribution in [3.8, 4) is 5.75 Å². The summed E-state index contributed by atoms with van der Waals surface area (Å²) in [5.41, 5.74) is 1.61. The summed E-state index contributed by atoms with van der Waals surface area (Å²) < 4.78 is 42.6. The normalized spacial score (nSPS) is 10.8. The van der Waals surface area contributed by atoms with Crippen molar-refractivity contribution in [3.63, 3.8) is 0 Å². The van der Waals surface area contributed by atoms with Crippen LogP contribution in [0.1, 0.15) is 27.4 Å². The Hall–Kier alpha value is -4.27. The number of fused-ring (bicyclic) bond motifs is 1. The van der Waals surface area contributed by atoms with Crippen LogP contribution in [0.5, 0.6) is 5.75 Å². The molecule has 0 aliphatic rings. The van der Waals surface area contributed by atoms with Gasteiger partial charge in [-0.25, -0.2) is 13.6 Å². The molecule has 0 saturated carbocycles. The van der Waals surface area contributed by atoms with Gasteiger partial charge in [0.1, 0.15) is 23.7 Å². The molecule has 1 amide bonds. The monoisotopic (exact) mass is 466 g/mol. The predicted octanol–water partition coefficient (Wildman–Crippen LogP) is 5.10. The highest BCUT2D eigenvalue weighted by atomic mass is 19.2. The summed E-state index contributed by atoms with van der Waals surface area (Å²) in [5, 5.41) is 7.87. The molecule has 0 bridgehead atoms. The van der Waals surface area contributed by atoms with Gasteiger partial charge in [0, 0.05) is 11.8 Å². The van der Waals surface area contributed by atoms with Crippen molar-refractivity contribution in [1.82, 2.24) is 5.16 Å². The van der Waals surface area contributed by atoms with Crippen molar-refractivity contribution >= 4 is 28.3 Å². The van der Waals surface area contributed by atoms with Crippen LogP contribution in [0, 0.1) is 25.5 Å². The molecule has 0 atom stereocenters. The Morgan fingerprint density at radius 2 is 1.74 bits per heavy atom. The van der Waals surface area contributed by atoms with Crippen molar-refractivity contribution in [1.29, 1.82) is 0 Å². The fourth-order valence-electron chi connectivity index (χ4n) is 3.34. The van der Waals surface area contributed by atoms with Crippen LogP contribution in [0.2, 0.25) is 0 Å². The largest absolute Gasteiger partial charge is 0.488 e. The first kappa shape index (κ1) is 22.9. The number of hydrogen-bond acceptors (Lipinski definition) is 6. The third-order valence-electron chi connectivity index (χ3n) is 5.16. The summed E-state index contributed by atoms with van der Waals surface area (Å²) in [5.74, 6) is -2.75. The van der Waals surface area contributed by atoms with Crippen molar-refractivity contribution in [2.75, 3.05) is 11.9 Å². The first-order valence-electron chi connectivity index (χ1n) is 10.3. The highest BCUT2D eigenvalue weighted by Gasteiger charge is 2.19. The summed E-state index contributed by atoms with van der Waals surface area (Å²) in [6, 6.07) is 13.6. The van der Waals surface area contributed by atoms with Gasteiger partial charge in [-0.15, -0.1) is 0 Å². The van der Waals surface area contributed by atoms with E-state index in [1.54, 1.807) is 26.0 Å². The van der Waals surface area contributed by atoms with Crippen LogP contribution in [-0.4, -0.2) is 23.6 Å². The second kappa shape index (κ2) is 9.70. The number of carbonyl (C=O) groups excluding carboxylic acids is 2. The molecule has 0 saturated heterocycles. The van der Waals surface area contributed by atoms with Gasteiger partial charge in [-0.3, -0.25) is 4.79 Å². The van der Waals surface area contributed by atoms with Gasteiger partial charge < -0.3 is 19.3 Å². The first-order valence-corrected chi connectivity index (χ1v) is 10.3. The maximum Gasteiger partial charge on any atom is 0.342 e. The molecular weight excluding hydrogens is 446 g/mol. The third kappa shape index (κ3) is 5.03. The van der Waals surface area contributed by atoms with Gasteiger partial charge in [0.2, 0.25) is 0 Å². The van der Waals surface area contributed by atoms with Gasteiger partial charge in [-0.1, -0.05) is 29.4 Å². The van der Waals surface area contributed by atoms with E-state index in [4.69, 9.17) is 14.0 Å². The fraction of sp³-hybridized carbons (Fsp3) is 0.160. The summed E-state index contributed by atoms with van der Waals surface area (Å²) in [6.45, 7) is 3.04. The number of amides is 1. The molecule has 0 aliphatic heterocycles. The number of halogens is 2. The lowest BCUT2D eigenvalue weighted by molar-refractivity contribution is -0.119. The Labute approximate surface area is 193 Å². The quantitative estimate of drug-likeness (QED) is 0.381. The number of ether oxygens (including phenoxy) is 2. The number of nitrogens with zero attached hydrogens (tertiary/aromatic N) is 1. The lowest BCUT2D eigenvalue weighted by atomic mass is 10.1. The summed E-state index contributed by atoms with van der Waals surface area (Å²) in [7, 11) is 0. The zero-order valence-corrected chi connectivity index (χ0v) is 18.4. The Kier molecular flexibility index (Phi) is 6.53. The molecular formula is C25H20F2N2O5. The molecule has 1 heterocycles. The van der Waals surface area contributed by atoms with E-state index in [9.17, 15) is 18.4 Å². The molecule has 4 rings (SSSR count). The van der Waals surface area contributed by atoms with Gasteiger partial charge in [-0.2, -0.15) is 0 Å². The predicted molar refractivity (Wildman–Crippen MR) is 120 cm³/mol. The number of aryl methyl sites for hydroxylation is 2. The Morgan fingerprint density at radius 3 is 2.41 bits per heavy atom. The van der Waals surface area contributed by atoms with E-state index in [1.165, 1.54) is 6.07 Å². The maximum atomic E-state index is 13.3. The molecule has 0 fully saturated rings. The van der Waals surface area contributed by atoms with Crippen LogP contribution in [0.4, 0.5) is 14.5 Å². The second-order valence-electron chi connectivity index (χ2n) is 7.54. The molecule has 0 radical (unpaired) electrons. The average molecular weight is 466 g/mol. The van der Waals surface area contributed by atoms with Crippen LogP contribution < -0.4 is 10.1 Å². The molecule has 3 aromatic carbocycles. The molecule has 34 heavy (non-hydrogen) atoms. The molecule has 0 unspecified atom stereocenters. The van der Waals surface area contributed by atoms with Crippen molar-refractivity contribution in [2.45, 2.75) is 20.5 Å². The number of anilines is 1. The number of nitrogens with one attached hydrogen (secondary N) is 1. The Morgan fingerprint density at radius 1 is 1.00 bits per heavy atom. The molecule has 9 heteroatoms. The van der Waals surface area contributed by atoms with Gasteiger partial charge in [0.15, 0.2) is 18.2 Å². The average Bonchev–Trinajstić information content (AvgIpc) is 3.15. The molecule has 1 N–H and O–H groups in total. The van der Waals surface area contributed by atoms with Crippen LogP contribution in [0.3, 0.4) is 0 Å². The lowest BCUT2D eigenvalue weighted by Crippen LogP contribution is -2.21. The summed E-state index contributed by atoms with van der Waals surface area (Å²) in [6.07, 6.45) is 0. The third-order valence-corrected chi connectivity index (χ3v) is 5.16. The summed E-state index contributed by atoms with van der Waals surface area (Å²) in [4.78, 5) is 25.0. The zero-order chi connectivity index (χ0) is 24.2. The minimum Gasteiger partial charge on any atom is -0.488 e. The second-order valence-corrected chi connectivity index (χ2v) is 7.54. The van der Waals surface area contributed by atoms with Gasteiger partial charge in [0.05, 0.1) is 11.3 Å². The smallest absolute Gasteiger partial charge is 0.342 e. The number of rotatable bonds is 7. The van der Waals surface area contributed by atoms with E-state index in [1.807, 2.05) is 24.3 Å². The van der Waals surface area contributed by atoms with Gasteiger partial charge >= 0.3 is 5.97 Å². The number of carbonyl (C=O) groups is 2. The summed E-state index contributed by atoms with van der Waals surface area (Å²) >= 11 is 0. The van der Waals surface area contributed by atoms with E-state index in [-0.39, 0.29) is 23.6 Å². The van der Waals surface area contributed by atoms with E-state index in [0.29, 0.717) is 11.5 Å². The number of hydrogen-bond donors (Lipinski definition) is 1. The molecule has 0 aliphatic carbocycles. The maximum absolute atomic E-state index is 13.3. The van der Waals surface area contributed by atoms with Gasteiger partial charge in [0.25, 0.3) is 5.91 Å². The minimum atomic E-state index is -1.11. The van der Waals surface area contributed by atoms with Crippen molar-refractivity contribution in [2.24, 2.45) is 0 Å². The standard InChI is InChI=1S/C25H20F2N2O5/c1-14-20(15(2)34-29-14)12-32-23-10-17-6-4-3-5-16(17)9-19(23)25(31)33-13-24(30)28-18-7-8-21(26)22(27)11-18/h3-11H,12-13H2,1-2H3,(H,28,30). The zero-order valence-electron chi connectivity index (χ0n) is 18.4. The Bertz CT molecular complexity index is 1360. The van der Waals surface area contributed by atoms with E-state index in [0.717, 1.165) is 28.5 Å².